The molecule has 0 amide bonds. The minimum absolute atomic E-state index is 0.308. The smallest absolute Gasteiger partial charge is 0.138 e. The second-order valence-corrected chi connectivity index (χ2v) is 5.08. The Morgan fingerprint density at radius 3 is 2.80 bits per heavy atom. The predicted molar refractivity (Wildman–Crippen MR) is 57.7 cm³/mol. The number of rotatable bonds is 4. The van der Waals surface area contributed by atoms with Crippen LogP contribution in [0.15, 0.2) is 6.33 Å². The summed E-state index contributed by atoms with van der Waals surface area (Å²) in [6, 6.07) is 0.308. The number of hydrogen-bond donors (Lipinski definition) is 2. The first kappa shape index (κ1) is 10.6. The molecule has 1 aliphatic rings. The number of nitrogens with two attached hydrogens (primary N) is 1. The highest BCUT2D eigenvalue weighted by Crippen LogP contribution is 2.53. The Kier molecular flexibility index (Phi) is 2.52. The summed E-state index contributed by atoms with van der Waals surface area (Å²) in [5.41, 5.74) is 3.33. The normalized spacial score (nSPS) is 25.2. The third-order valence-corrected chi connectivity index (χ3v) is 3.50. The lowest BCUT2D eigenvalue weighted by atomic mass is 10.0. The molecule has 5 heteroatoms. The molecule has 3 N–H and O–H groups in total. The number of nitrogens with one attached hydrogen (secondary N) is 1. The average molecular weight is 209 g/mol. The summed E-state index contributed by atoms with van der Waals surface area (Å²) in [5, 5.41) is 4.06. The fourth-order valence-corrected chi connectivity index (χ4v) is 2.21. The van der Waals surface area contributed by atoms with Crippen molar-refractivity contribution in [3.63, 3.8) is 0 Å². The van der Waals surface area contributed by atoms with E-state index in [1.165, 1.54) is 6.42 Å². The first-order chi connectivity index (χ1) is 7.04. The zero-order valence-corrected chi connectivity index (χ0v) is 9.57. The molecule has 1 aromatic rings. The standard InChI is InChI=1S/C10H19N5/c1-10(2)5-7(10)8(14-11)4-9-12-6-13-15(9)3/h6-8,14H,4-5,11H2,1-3H3. The maximum absolute atomic E-state index is 5.59. The van der Waals surface area contributed by atoms with Crippen LogP contribution < -0.4 is 11.3 Å². The number of hydrogen-bond acceptors (Lipinski definition) is 4. The molecule has 2 atom stereocenters. The van der Waals surface area contributed by atoms with Gasteiger partial charge in [0.15, 0.2) is 0 Å². The SMILES string of the molecule is Cn1ncnc1CC(NN)C1CC1(C)C. The van der Waals surface area contributed by atoms with E-state index in [-0.39, 0.29) is 0 Å². The van der Waals surface area contributed by atoms with E-state index in [1.807, 2.05) is 7.05 Å². The van der Waals surface area contributed by atoms with Crippen LogP contribution >= 0.6 is 0 Å². The van der Waals surface area contributed by atoms with Crippen LogP contribution in [-0.4, -0.2) is 20.8 Å². The lowest BCUT2D eigenvalue weighted by Crippen LogP contribution is -2.40. The van der Waals surface area contributed by atoms with Gasteiger partial charge in [-0.2, -0.15) is 5.10 Å². The molecule has 5 nitrogen and oxygen atoms in total. The largest absolute Gasteiger partial charge is 0.271 e. The lowest BCUT2D eigenvalue weighted by Gasteiger charge is -2.16. The molecule has 84 valence electrons. The molecule has 1 aromatic heterocycles. The molecule has 0 bridgehead atoms. The molecule has 0 spiro atoms. The molecule has 0 saturated heterocycles. The van der Waals surface area contributed by atoms with E-state index in [0.29, 0.717) is 17.4 Å². The molecular formula is C10H19N5. The first-order valence-corrected chi connectivity index (χ1v) is 5.33. The van der Waals surface area contributed by atoms with Gasteiger partial charge in [-0.25, -0.2) is 4.98 Å². The third kappa shape index (κ3) is 2.03. The number of hydrazine groups is 1. The molecule has 15 heavy (non-hydrogen) atoms. The Bertz CT molecular complexity index is 343. The van der Waals surface area contributed by atoms with Gasteiger partial charge >= 0.3 is 0 Å². The van der Waals surface area contributed by atoms with E-state index in [0.717, 1.165) is 12.2 Å². The summed E-state index contributed by atoms with van der Waals surface area (Å²) in [5.74, 6) is 7.23. The summed E-state index contributed by atoms with van der Waals surface area (Å²) in [6.45, 7) is 4.55. The molecule has 1 aliphatic carbocycles. The molecule has 1 saturated carbocycles. The minimum Gasteiger partial charge on any atom is -0.271 e. The van der Waals surface area contributed by atoms with Crippen LogP contribution in [0.1, 0.15) is 26.1 Å². The highest BCUT2D eigenvalue weighted by molar-refractivity contribution is 5.04. The number of nitrogens with zero attached hydrogens (tertiary/aromatic N) is 3. The maximum atomic E-state index is 5.59. The average Bonchev–Trinajstić information content (AvgIpc) is 2.62. The van der Waals surface area contributed by atoms with E-state index in [1.54, 1.807) is 11.0 Å². The summed E-state index contributed by atoms with van der Waals surface area (Å²) >= 11 is 0. The molecule has 2 rings (SSSR count). The molecule has 1 fully saturated rings. The zero-order valence-electron chi connectivity index (χ0n) is 9.57. The summed E-state index contributed by atoms with van der Waals surface area (Å²) in [4.78, 5) is 4.22. The summed E-state index contributed by atoms with van der Waals surface area (Å²) in [6.07, 6.45) is 3.67. The van der Waals surface area contributed by atoms with Gasteiger partial charge in [-0.15, -0.1) is 0 Å². The van der Waals surface area contributed by atoms with Gasteiger partial charge in [0, 0.05) is 19.5 Å². The molecule has 0 aromatic carbocycles. The summed E-state index contributed by atoms with van der Waals surface area (Å²) in [7, 11) is 1.91. The van der Waals surface area contributed by atoms with Crippen molar-refractivity contribution in [1.82, 2.24) is 20.2 Å². The van der Waals surface area contributed by atoms with E-state index >= 15 is 0 Å². The van der Waals surface area contributed by atoms with E-state index in [9.17, 15) is 0 Å². The Morgan fingerprint density at radius 1 is 1.73 bits per heavy atom. The van der Waals surface area contributed by atoms with E-state index in [2.05, 4.69) is 29.4 Å². The second-order valence-electron chi connectivity index (χ2n) is 5.08. The van der Waals surface area contributed by atoms with Crippen molar-refractivity contribution >= 4 is 0 Å². The van der Waals surface area contributed by atoms with Gasteiger partial charge in [-0.3, -0.25) is 16.0 Å². The quantitative estimate of drug-likeness (QED) is 0.550. The molecule has 0 radical (unpaired) electrons. The first-order valence-electron chi connectivity index (χ1n) is 5.33. The van der Waals surface area contributed by atoms with Crippen molar-refractivity contribution in [3.05, 3.63) is 12.2 Å². The zero-order chi connectivity index (χ0) is 11.1. The van der Waals surface area contributed by atoms with Crippen LogP contribution in [0.2, 0.25) is 0 Å². The van der Waals surface area contributed by atoms with Crippen LogP contribution in [0.3, 0.4) is 0 Å². The van der Waals surface area contributed by atoms with Crippen LogP contribution in [-0.2, 0) is 13.5 Å². The topological polar surface area (TPSA) is 68.8 Å². The number of aryl methyl sites for hydroxylation is 1. The Hall–Kier alpha value is -0.940. The van der Waals surface area contributed by atoms with Gasteiger partial charge in [0.2, 0.25) is 0 Å². The Labute approximate surface area is 90.0 Å². The fraction of sp³-hybridized carbons (Fsp3) is 0.800. The number of aromatic nitrogens is 3. The monoisotopic (exact) mass is 209 g/mol. The van der Waals surface area contributed by atoms with Gasteiger partial charge in [-0.05, 0) is 17.8 Å². The van der Waals surface area contributed by atoms with Crippen LogP contribution in [0.4, 0.5) is 0 Å². The van der Waals surface area contributed by atoms with Gasteiger partial charge in [-0.1, -0.05) is 13.8 Å². The van der Waals surface area contributed by atoms with Crippen molar-refractivity contribution in [3.8, 4) is 0 Å². The Morgan fingerprint density at radius 2 is 2.40 bits per heavy atom. The lowest BCUT2D eigenvalue weighted by molar-refractivity contribution is 0.398. The fourth-order valence-electron chi connectivity index (χ4n) is 2.21. The highest BCUT2D eigenvalue weighted by atomic mass is 15.3. The molecule has 2 unspecified atom stereocenters. The molecular weight excluding hydrogens is 190 g/mol. The van der Waals surface area contributed by atoms with Gasteiger partial charge in [0.25, 0.3) is 0 Å². The van der Waals surface area contributed by atoms with Crippen molar-refractivity contribution in [2.75, 3.05) is 0 Å². The molecule has 0 aliphatic heterocycles. The van der Waals surface area contributed by atoms with Crippen molar-refractivity contribution in [2.45, 2.75) is 32.7 Å². The Balaban J connectivity index is 2.01. The maximum Gasteiger partial charge on any atom is 0.138 e. The van der Waals surface area contributed by atoms with Crippen LogP contribution in [0.5, 0.6) is 0 Å². The predicted octanol–water partition coefficient (Wildman–Crippen LogP) is 0.236. The highest BCUT2D eigenvalue weighted by Gasteiger charge is 2.49. The van der Waals surface area contributed by atoms with Crippen LogP contribution in [0.25, 0.3) is 0 Å². The van der Waals surface area contributed by atoms with Gasteiger partial charge in [0.1, 0.15) is 12.2 Å². The van der Waals surface area contributed by atoms with E-state index in [4.69, 9.17) is 5.84 Å². The van der Waals surface area contributed by atoms with Gasteiger partial charge < -0.3 is 0 Å². The van der Waals surface area contributed by atoms with Crippen molar-refractivity contribution < 1.29 is 0 Å². The summed E-state index contributed by atoms with van der Waals surface area (Å²) < 4.78 is 1.81. The van der Waals surface area contributed by atoms with Crippen molar-refractivity contribution in [2.24, 2.45) is 24.2 Å². The van der Waals surface area contributed by atoms with Crippen molar-refractivity contribution in [1.29, 1.82) is 0 Å². The van der Waals surface area contributed by atoms with E-state index < -0.39 is 0 Å². The second kappa shape index (κ2) is 3.57. The third-order valence-electron chi connectivity index (χ3n) is 3.50. The molecule has 1 heterocycles. The van der Waals surface area contributed by atoms with Gasteiger partial charge in [0.05, 0.1) is 0 Å². The van der Waals surface area contributed by atoms with Crippen LogP contribution in [0, 0.1) is 11.3 Å². The minimum atomic E-state index is 0.308.